The van der Waals surface area contributed by atoms with Crippen LogP contribution in [0.3, 0.4) is 0 Å². The first-order valence-corrected chi connectivity index (χ1v) is 10.4. The molecule has 0 bridgehead atoms. The van der Waals surface area contributed by atoms with Crippen LogP contribution >= 0.6 is 0 Å². The van der Waals surface area contributed by atoms with Crippen molar-refractivity contribution in [3.8, 4) is 16.9 Å². The van der Waals surface area contributed by atoms with Gasteiger partial charge in [0.05, 0.1) is 12.8 Å². The smallest absolute Gasteiger partial charge is 0.251 e. The molecular formula is C25H25N3O3. The number of anilines is 1. The number of hydrogen-bond donors (Lipinski definition) is 1. The lowest BCUT2D eigenvalue weighted by molar-refractivity contribution is -0.118. The van der Waals surface area contributed by atoms with Crippen LogP contribution in [-0.2, 0) is 17.8 Å². The van der Waals surface area contributed by atoms with Crippen LogP contribution in [0.4, 0.5) is 5.69 Å². The van der Waals surface area contributed by atoms with Crippen molar-refractivity contribution in [2.45, 2.75) is 26.3 Å². The summed E-state index contributed by atoms with van der Waals surface area (Å²) in [5.74, 6) is 0.698. The number of aromatic nitrogens is 1. The number of pyridine rings is 1. The van der Waals surface area contributed by atoms with Gasteiger partial charge in [-0.1, -0.05) is 25.1 Å². The Morgan fingerprint density at radius 3 is 2.65 bits per heavy atom. The highest BCUT2D eigenvalue weighted by Gasteiger charge is 2.26. The zero-order valence-electron chi connectivity index (χ0n) is 17.7. The maximum Gasteiger partial charge on any atom is 0.251 e. The van der Waals surface area contributed by atoms with E-state index in [0.717, 1.165) is 34.4 Å². The zero-order chi connectivity index (χ0) is 21.8. The Morgan fingerprint density at radius 2 is 1.97 bits per heavy atom. The fourth-order valence-corrected chi connectivity index (χ4v) is 3.85. The van der Waals surface area contributed by atoms with Crippen molar-refractivity contribution in [1.29, 1.82) is 0 Å². The Hall–Kier alpha value is -3.67. The molecule has 6 heteroatoms. The van der Waals surface area contributed by atoms with Gasteiger partial charge in [0.1, 0.15) is 5.75 Å². The van der Waals surface area contributed by atoms with Crippen LogP contribution in [0.15, 0.2) is 60.9 Å². The fourth-order valence-electron chi connectivity index (χ4n) is 3.85. The average molecular weight is 415 g/mol. The van der Waals surface area contributed by atoms with Crippen LogP contribution in [0.2, 0.25) is 0 Å². The highest BCUT2D eigenvalue weighted by atomic mass is 16.5. The second kappa shape index (κ2) is 9.00. The minimum atomic E-state index is -0.134. The third-order valence-corrected chi connectivity index (χ3v) is 5.53. The topological polar surface area (TPSA) is 71.5 Å². The molecule has 2 heterocycles. The minimum absolute atomic E-state index is 0.121. The molecule has 0 atom stereocenters. The second-order valence-corrected chi connectivity index (χ2v) is 7.45. The summed E-state index contributed by atoms with van der Waals surface area (Å²) in [5.41, 5.74) is 5.52. The van der Waals surface area contributed by atoms with Gasteiger partial charge in [0.15, 0.2) is 0 Å². The Balaban J connectivity index is 1.54. The van der Waals surface area contributed by atoms with Gasteiger partial charge in [-0.3, -0.25) is 14.6 Å². The molecule has 3 aromatic rings. The Morgan fingerprint density at radius 1 is 1.16 bits per heavy atom. The first-order chi connectivity index (χ1) is 15.1. The monoisotopic (exact) mass is 415 g/mol. The van der Waals surface area contributed by atoms with Crippen molar-refractivity contribution < 1.29 is 14.3 Å². The van der Waals surface area contributed by atoms with E-state index in [1.54, 1.807) is 19.5 Å². The third-order valence-electron chi connectivity index (χ3n) is 5.53. The van der Waals surface area contributed by atoms with E-state index in [1.165, 1.54) is 0 Å². The second-order valence-electron chi connectivity index (χ2n) is 7.45. The number of ether oxygens (including phenoxy) is 1. The van der Waals surface area contributed by atoms with Crippen molar-refractivity contribution in [3.05, 3.63) is 77.6 Å². The Labute approximate surface area is 181 Å². The van der Waals surface area contributed by atoms with Crippen molar-refractivity contribution in [3.63, 3.8) is 0 Å². The van der Waals surface area contributed by atoms with Gasteiger partial charge >= 0.3 is 0 Å². The molecule has 4 rings (SSSR count). The number of nitrogens with one attached hydrogen (secondary N) is 1. The first kappa shape index (κ1) is 20.6. The number of hydrogen-bond acceptors (Lipinski definition) is 4. The summed E-state index contributed by atoms with van der Waals surface area (Å²) in [6.07, 6.45) is 4.75. The molecule has 0 spiro atoms. The van der Waals surface area contributed by atoms with E-state index in [1.807, 2.05) is 54.3 Å². The summed E-state index contributed by atoms with van der Waals surface area (Å²) in [7, 11) is 1.63. The predicted octanol–water partition coefficient (Wildman–Crippen LogP) is 3.99. The van der Waals surface area contributed by atoms with Gasteiger partial charge < -0.3 is 15.0 Å². The van der Waals surface area contributed by atoms with Crippen LogP contribution < -0.4 is 15.0 Å². The molecule has 2 aromatic carbocycles. The molecule has 2 amide bonds. The normalized spacial score (nSPS) is 12.4. The van der Waals surface area contributed by atoms with E-state index in [2.05, 4.69) is 16.4 Å². The number of benzene rings is 2. The van der Waals surface area contributed by atoms with Gasteiger partial charge in [-0.15, -0.1) is 0 Å². The molecule has 0 saturated heterocycles. The SMILES string of the molecule is CCC(=O)N1CCc2cc(-c3ccc(C(=O)NCc4cccnc4)cc3)c(OC)cc21. The number of carbonyl (C=O) groups is 2. The molecule has 0 aliphatic carbocycles. The van der Waals surface area contributed by atoms with Crippen LogP contribution in [0.1, 0.15) is 34.8 Å². The summed E-state index contributed by atoms with van der Waals surface area (Å²) in [4.78, 5) is 30.6. The lowest BCUT2D eigenvalue weighted by Crippen LogP contribution is -2.27. The third kappa shape index (κ3) is 4.28. The van der Waals surface area contributed by atoms with E-state index in [0.29, 0.717) is 30.8 Å². The molecule has 31 heavy (non-hydrogen) atoms. The zero-order valence-corrected chi connectivity index (χ0v) is 17.7. The standard InChI is InChI=1S/C25H25N3O3/c1-3-24(29)28-12-10-20-13-21(23(31-2)14-22(20)28)18-6-8-19(9-7-18)25(30)27-16-17-5-4-11-26-15-17/h4-9,11,13-15H,3,10,12,16H2,1-2H3,(H,27,30). The van der Waals surface area contributed by atoms with Crippen molar-refractivity contribution in [2.75, 3.05) is 18.6 Å². The molecule has 1 aliphatic heterocycles. The average Bonchev–Trinajstić information content (AvgIpc) is 3.24. The summed E-state index contributed by atoms with van der Waals surface area (Å²) in [5, 5.41) is 2.91. The van der Waals surface area contributed by atoms with Crippen LogP contribution in [0, 0.1) is 0 Å². The molecular weight excluding hydrogens is 390 g/mol. The molecule has 1 aliphatic rings. The highest BCUT2D eigenvalue weighted by Crippen LogP contribution is 2.39. The van der Waals surface area contributed by atoms with Crippen molar-refractivity contribution in [1.82, 2.24) is 10.3 Å². The number of rotatable bonds is 6. The van der Waals surface area contributed by atoms with Gasteiger partial charge in [-0.05, 0) is 47.4 Å². The van der Waals surface area contributed by atoms with Gasteiger partial charge in [-0.2, -0.15) is 0 Å². The van der Waals surface area contributed by atoms with Gasteiger partial charge in [0.25, 0.3) is 5.91 Å². The number of amides is 2. The largest absolute Gasteiger partial charge is 0.496 e. The summed E-state index contributed by atoms with van der Waals surface area (Å²) < 4.78 is 5.63. The van der Waals surface area contributed by atoms with E-state index in [-0.39, 0.29) is 11.8 Å². The van der Waals surface area contributed by atoms with E-state index in [9.17, 15) is 9.59 Å². The fraction of sp³-hybridized carbons (Fsp3) is 0.240. The lowest BCUT2D eigenvalue weighted by atomic mass is 9.99. The molecule has 1 aromatic heterocycles. The van der Waals surface area contributed by atoms with Crippen LogP contribution in [-0.4, -0.2) is 30.5 Å². The number of carbonyl (C=O) groups excluding carboxylic acids is 2. The molecule has 0 unspecified atom stereocenters. The first-order valence-electron chi connectivity index (χ1n) is 10.4. The van der Waals surface area contributed by atoms with Crippen LogP contribution in [0.5, 0.6) is 5.75 Å². The van der Waals surface area contributed by atoms with Crippen LogP contribution in [0.25, 0.3) is 11.1 Å². The summed E-state index contributed by atoms with van der Waals surface area (Å²) >= 11 is 0. The predicted molar refractivity (Wildman–Crippen MR) is 120 cm³/mol. The molecule has 158 valence electrons. The lowest BCUT2D eigenvalue weighted by Gasteiger charge is -2.18. The van der Waals surface area contributed by atoms with E-state index >= 15 is 0 Å². The minimum Gasteiger partial charge on any atom is -0.496 e. The maximum atomic E-state index is 12.5. The van der Waals surface area contributed by atoms with Crippen molar-refractivity contribution in [2.24, 2.45) is 0 Å². The van der Waals surface area contributed by atoms with Gasteiger partial charge in [0, 0.05) is 49.1 Å². The number of nitrogens with zero attached hydrogens (tertiary/aromatic N) is 2. The summed E-state index contributed by atoms with van der Waals surface area (Å²) in [6.45, 7) is 3.01. The Bertz CT molecular complexity index is 1100. The van der Waals surface area contributed by atoms with Gasteiger partial charge in [-0.25, -0.2) is 0 Å². The van der Waals surface area contributed by atoms with E-state index in [4.69, 9.17) is 4.74 Å². The number of methoxy groups -OCH3 is 1. The molecule has 0 radical (unpaired) electrons. The van der Waals surface area contributed by atoms with E-state index < -0.39 is 0 Å². The Kier molecular flexibility index (Phi) is 5.98. The quantitative estimate of drug-likeness (QED) is 0.661. The molecule has 1 N–H and O–H groups in total. The maximum absolute atomic E-state index is 12.5. The molecule has 6 nitrogen and oxygen atoms in total. The number of fused-ring (bicyclic) bond motifs is 1. The summed E-state index contributed by atoms with van der Waals surface area (Å²) in [6, 6.07) is 15.3. The molecule has 0 fully saturated rings. The van der Waals surface area contributed by atoms with Crippen molar-refractivity contribution >= 4 is 17.5 Å². The highest BCUT2D eigenvalue weighted by molar-refractivity contribution is 5.97. The molecule has 0 saturated carbocycles. The van der Waals surface area contributed by atoms with Gasteiger partial charge in [0.2, 0.25) is 5.91 Å².